The number of ether oxygens (including phenoxy) is 1. The summed E-state index contributed by atoms with van der Waals surface area (Å²) < 4.78 is 19.4. The Hall–Kier alpha value is -3.05. The molecule has 0 bridgehead atoms. The van der Waals surface area contributed by atoms with Gasteiger partial charge in [0.25, 0.3) is 0 Å². The molecule has 3 rings (SSSR count). The van der Waals surface area contributed by atoms with Crippen molar-refractivity contribution < 1.29 is 13.9 Å². The predicted octanol–water partition coefficient (Wildman–Crippen LogP) is 5.32. The fourth-order valence-corrected chi connectivity index (χ4v) is 2.45. The highest BCUT2D eigenvalue weighted by atomic mass is 35.5. The molecule has 0 aliphatic rings. The molecule has 0 saturated heterocycles. The Balaban J connectivity index is 1.68. The average molecular weight is 371 g/mol. The largest absolute Gasteiger partial charge is 0.455 e. The fourth-order valence-electron chi connectivity index (χ4n) is 2.28. The minimum Gasteiger partial charge on any atom is -0.455 e. The zero-order chi connectivity index (χ0) is 18.4. The first-order valence-electron chi connectivity index (χ1n) is 7.92. The molecule has 132 valence electrons. The van der Waals surface area contributed by atoms with Gasteiger partial charge in [-0.1, -0.05) is 41.9 Å². The minimum atomic E-state index is -0.489. The number of hydrogen-bond donors (Lipinski definition) is 2. The molecule has 1 amide bonds. The van der Waals surface area contributed by atoms with E-state index >= 15 is 0 Å². The number of anilines is 2. The number of rotatable bonds is 6. The van der Waals surface area contributed by atoms with Gasteiger partial charge in [0, 0.05) is 5.02 Å². The first-order valence-corrected chi connectivity index (χ1v) is 8.30. The second-order valence-electron chi connectivity index (χ2n) is 5.44. The van der Waals surface area contributed by atoms with E-state index in [1.165, 1.54) is 12.1 Å². The van der Waals surface area contributed by atoms with Crippen molar-refractivity contribution in [3.8, 4) is 11.5 Å². The van der Waals surface area contributed by atoms with Crippen LogP contribution in [-0.4, -0.2) is 12.5 Å². The summed E-state index contributed by atoms with van der Waals surface area (Å²) in [4.78, 5) is 12.1. The van der Waals surface area contributed by atoms with Crippen LogP contribution in [0, 0.1) is 5.82 Å². The van der Waals surface area contributed by atoms with E-state index in [1.807, 2.05) is 30.3 Å². The maximum Gasteiger partial charge on any atom is 0.243 e. The third-order valence-corrected chi connectivity index (χ3v) is 3.74. The van der Waals surface area contributed by atoms with E-state index in [9.17, 15) is 9.18 Å². The molecule has 0 unspecified atom stereocenters. The van der Waals surface area contributed by atoms with Gasteiger partial charge in [-0.05, 0) is 42.5 Å². The molecule has 0 radical (unpaired) electrons. The van der Waals surface area contributed by atoms with Crippen molar-refractivity contribution in [2.75, 3.05) is 17.2 Å². The van der Waals surface area contributed by atoms with Crippen LogP contribution in [0.1, 0.15) is 0 Å². The first kappa shape index (κ1) is 17.8. The molecule has 0 heterocycles. The van der Waals surface area contributed by atoms with E-state index in [0.29, 0.717) is 22.2 Å². The maximum atomic E-state index is 13.6. The number of benzene rings is 3. The highest BCUT2D eigenvalue weighted by Crippen LogP contribution is 2.31. The third kappa shape index (κ3) is 4.74. The van der Waals surface area contributed by atoms with Crippen molar-refractivity contribution in [2.24, 2.45) is 0 Å². The second kappa shape index (κ2) is 8.36. The molecule has 3 aromatic carbocycles. The van der Waals surface area contributed by atoms with E-state index in [2.05, 4.69) is 10.6 Å². The van der Waals surface area contributed by atoms with Crippen LogP contribution in [0.5, 0.6) is 11.5 Å². The SMILES string of the molecule is O=C(CNc1cc(Cl)ccc1Oc1ccccc1)Nc1ccccc1F. The molecule has 0 spiro atoms. The molecule has 0 aliphatic carbocycles. The van der Waals surface area contributed by atoms with E-state index in [1.54, 1.807) is 30.3 Å². The minimum absolute atomic E-state index is 0.0696. The molecule has 0 atom stereocenters. The number of carbonyl (C=O) groups is 1. The van der Waals surface area contributed by atoms with Crippen LogP contribution in [0.2, 0.25) is 5.02 Å². The van der Waals surface area contributed by atoms with Gasteiger partial charge in [0.05, 0.1) is 17.9 Å². The molecular formula is C20H16ClFN2O2. The van der Waals surface area contributed by atoms with Crippen molar-refractivity contribution in [3.63, 3.8) is 0 Å². The van der Waals surface area contributed by atoms with E-state index in [-0.39, 0.29) is 18.1 Å². The average Bonchev–Trinajstić information content (AvgIpc) is 2.65. The van der Waals surface area contributed by atoms with Gasteiger partial charge in [-0.25, -0.2) is 4.39 Å². The van der Waals surface area contributed by atoms with Crippen molar-refractivity contribution in [2.45, 2.75) is 0 Å². The number of amides is 1. The number of carbonyl (C=O) groups excluding carboxylic acids is 1. The van der Waals surface area contributed by atoms with Crippen molar-refractivity contribution in [1.29, 1.82) is 0 Å². The van der Waals surface area contributed by atoms with Gasteiger partial charge in [0.1, 0.15) is 11.6 Å². The lowest BCUT2D eigenvalue weighted by molar-refractivity contribution is -0.114. The molecule has 6 heteroatoms. The Morgan fingerprint density at radius 2 is 1.69 bits per heavy atom. The summed E-state index contributed by atoms with van der Waals surface area (Å²) in [6.07, 6.45) is 0. The molecule has 4 nitrogen and oxygen atoms in total. The first-order chi connectivity index (χ1) is 12.6. The molecule has 0 aliphatic heterocycles. The van der Waals surface area contributed by atoms with Crippen molar-refractivity contribution >= 4 is 28.9 Å². The fraction of sp³-hybridized carbons (Fsp3) is 0.0500. The van der Waals surface area contributed by atoms with Crippen molar-refractivity contribution in [1.82, 2.24) is 0 Å². The van der Waals surface area contributed by atoms with Gasteiger partial charge in [-0.15, -0.1) is 0 Å². The zero-order valence-electron chi connectivity index (χ0n) is 13.7. The monoisotopic (exact) mass is 370 g/mol. The predicted molar refractivity (Wildman–Crippen MR) is 101 cm³/mol. The number of nitrogens with one attached hydrogen (secondary N) is 2. The molecule has 3 aromatic rings. The smallest absolute Gasteiger partial charge is 0.243 e. The molecule has 2 N–H and O–H groups in total. The Morgan fingerprint density at radius 3 is 2.46 bits per heavy atom. The molecule has 0 saturated carbocycles. The highest BCUT2D eigenvalue weighted by molar-refractivity contribution is 6.31. The quantitative estimate of drug-likeness (QED) is 0.617. The van der Waals surface area contributed by atoms with Crippen LogP contribution in [0.25, 0.3) is 0 Å². The molecule has 0 fully saturated rings. The van der Waals surface area contributed by atoms with Crippen LogP contribution in [-0.2, 0) is 4.79 Å². The summed E-state index contributed by atoms with van der Waals surface area (Å²) in [6.45, 7) is -0.0696. The Kier molecular flexibility index (Phi) is 5.71. The topological polar surface area (TPSA) is 50.4 Å². The van der Waals surface area contributed by atoms with Gasteiger partial charge in [-0.2, -0.15) is 0 Å². The van der Waals surface area contributed by atoms with Crippen LogP contribution in [0.3, 0.4) is 0 Å². The van der Waals surface area contributed by atoms with Gasteiger partial charge in [0.2, 0.25) is 5.91 Å². The highest BCUT2D eigenvalue weighted by Gasteiger charge is 2.10. The lowest BCUT2D eigenvalue weighted by Gasteiger charge is -2.14. The number of halogens is 2. The lowest BCUT2D eigenvalue weighted by atomic mass is 10.2. The molecule has 0 aromatic heterocycles. The van der Waals surface area contributed by atoms with Crippen molar-refractivity contribution in [3.05, 3.63) is 83.6 Å². The van der Waals surface area contributed by atoms with Crippen LogP contribution in [0.15, 0.2) is 72.8 Å². The number of para-hydroxylation sites is 2. The van der Waals surface area contributed by atoms with Gasteiger partial charge >= 0.3 is 0 Å². The van der Waals surface area contributed by atoms with E-state index < -0.39 is 5.82 Å². The van der Waals surface area contributed by atoms with E-state index in [4.69, 9.17) is 16.3 Å². The normalized spacial score (nSPS) is 10.2. The molecular weight excluding hydrogens is 355 g/mol. The summed E-state index contributed by atoms with van der Waals surface area (Å²) in [7, 11) is 0. The zero-order valence-corrected chi connectivity index (χ0v) is 14.5. The Labute approximate surface area is 155 Å². The summed E-state index contributed by atoms with van der Waals surface area (Å²) in [5, 5.41) is 5.99. The summed E-state index contributed by atoms with van der Waals surface area (Å²) in [6, 6.07) is 20.3. The maximum absolute atomic E-state index is 13.6. The summed E-state index contributed by atoms with van der Waals surface area (Å²) >= 11 is 6.04. The third-order valence-electron chi connectivity index (χ3n) is 3.50. The van der Waals surface area contributed by atoms with Gasteiger partial charge in [-0.3, -0.25) is 4.79 Å². The summed E-state index contributed by atoms with van der Waals surface area (Å²) in [5.74, 6) is 0.311. The van der Waals surface area contributed by atoms with Gasteiger partial charge < -0.3 is 15.4 Å². The molecule has 26 heavy (non-hydrogen) atoms. The van der Waals surface area contributed by atoms with Gasteiger partial charge in [0.15, 0.2) is 5.75 Å². The van der Waals surface area contributed by atoms with E-state index in [0.717, 1.165) is 0 Å². The lowest BCUT2D eigenvalue weighted by Crippen LogP contribution is -2.22. The second-order valence-corrected chi connectivity index (χ2v) is 5.87. The van der Waals surface area contributed by atoms with Crippen LogP contribution in [0.4, 0.5) is 15.8 Å². The Bertz CT molecular complexity index is 903. The Morgan fingerprint density at radius 1 is 0.962 bits per heavy atom. The summed E-state index contributed by atoms with van der Waals surface area (Å²) in [5.41, 5.74) is 0.691. The van der Waals surface area contributed by atoms with Crippen LogP contribution < -0.4 is 15.4 Å². The standard InChI is InChI=1S/C20H16ClFN2O2/c21-14-10-11-19(26-15-6-2-1-3-7-15)18(12-14)23-13-20(25)24-17-9-5-4-8-16(17)22/h1-12,23H,13H2,(H,24,25). The number of hydrogen-bond acceptors (Lipinski definition) is 3. The van der Waals surface area contributed by atoms with Crippen LogP contribution >= 0.6 is 11.6 Å².